The van der Waals surface area contributed by atoms with Crippen LogP contribution in [-0.2, 0) is 9.53 Å². The van der Waals surface area contributed by atoms with E-state index in [9.17, 15) is 9.59 Å². The topological polar surface area (TPSA) is 92.4 Å². The van der Waals surface area contributed by atoms with E-state index in [0.29, 0.717) is 36.5 Å². The van der Waals surface area contributed by atoms with Gasteiger partial charge < -0.3 is 20.7 Å². The Balaban J connectivity index is 1.39. The Kier molecular flexibility index (Phi) is 4.96. The molecule has 2 aromatic rings. The molecule has 4 rings (SSSR count). The first kappa shape index (κ1) is 17.1. The van der Waals surface area contributed by atoms with E-state index < -0.39 is 0 Å². The van der Waals surface area contributed by atoms with Crippen molar-refractivity contribution in [2.45, 2.75) is 24.9 Å². The van der Waals surface area contributed by atoms with Crippen molar-refractivity contribution in [3.05, 3.63) is 35.2 Å². The van der Waals surface area contributed by atoms with Gasteiger partial charge >= 0.3 is 0 Å². The van der Waals surface area contributed by atoms with E-state index in [-0.39, 0.29) is 17.9 Å². The molecule has 2 aliphatic rings. The molecule has 2 heterocycles. The number of carbonyl (C=O) groups is 2. The molecule has 1 aromatic carbocycles. The van der Waals surface area contributed by atoms with E-state index in [1.54, 1.807) is 12.1 Å². The van der Waals surface area contributed by atoms with E-state index in [4.69, 9.17) is 4.74 Å². The lowest BCUT2D eigenvalue weighted by atomic mass is 10.1. The van der Waals surface area contributed by atoms with Crippen LogP contribution in [0.1, 0.15) is 23.2 Å². The highest BCUT2D eigenvalue weighted by atomic mass is 32.1. The maximum Gasteiger partial charge on any atom is 0.251 e. The number of aromatic nitrogens is 1. The number of hydrogen-bond donors (Lipinski definition) is 3. The normalized spacial score (nSPS) is 19.8. The van der Waals surface area contributed by atoms with Crippen molar-refractivity contribution in [2.75, 3.05) is 25.1 Å². The third-order valence-corrected chi connectivity index (χ3v) is 5.09. The van der Waals surface area contributed by atoms with E-state index in [1.807, 2.05) is 17.5 Å². The minimum Gasteiger partial charge on any atom is -0.378 e. The fraction of sp³-hybridized carbons (Fsp3) is 0.389. The summed E-state index contributed by atoms with van der Waals surface area (Å²) in [5.41, 5.74) is 2.32. The van der Waals surface area contributed by atoms with Crippen LogP contribution in [0.4, 0.5) is 5.13 Å². The van der Waals surface area contributed by atoms with Crippen molar-refractivity contribution in [2.24, 2.45) is 0 Å². The van der Waals surface area contributed by atoms with Crippen LogP contribution in [-0.4, -0.2) is 48.6 Å². The fourth-order valence-electron chi connectivity index (χ4n) is 2.68. The molecule has 1 aliphatic carbocycles. The zero-order chi connectivity index (χ0) is 17.9. The van der Waals surface area contributed by atoms with Crippen LogP contribution >= 0.6 is 11.3 Å². The molecule has 0 bridgehead atoms. The Labute approximate surface area is 155 Å². The zero-order valence-electron chi connectivity index (χ0n) is 14.2. The second-order valence-electron chi connectivity index (χ2n) is 6.43. The van der Waals surface area contributed by atoms with Gasteiger partial charge in [-0.25, -0.2) is 4.98 Å². The molecule has 2 fully saturated rings. The average Bonchev–Trinajstić information content (AvgIpc) is 3.37. The van der Waals surface area contributed by atoms with Gasteiger partial charge in [-0.15, -0.1) is 11.3 Å². The lowest BCUT2D eigenvalue weighted by Gasteiger charge is -2.22. The minimum absolute atomic E-state index is 0.0347. The van der Waals surface area contributed by atoms with Gasteiger partial charge in [0.2, 0.25) is 5.91 Å². The van der Waals surface area contributed by atoms with Gasteiger partial charge in [-0.3, -0.25) is 9.59 Å². The first-order valence-electron chi connectivity index (χ1n) is 8.68. The number of ether oxygens (including phenoxy) is 1. The monoisotopic (exact) mass is 372 g/mol. The number of amides is 2. The summed E-state index contributed by atoms with van der Waals surface area (Å²) in [6.45, 7) is 1.66. The first-order valence-corrected chi connectivity index (χ1v) is 9.56. The second-order valence-corrected chi connectivity index (χ2v) is 7.29. The van der Waals surface area contributed by atoms with Crippen molar-refractivity contribution >= 4 is 28.3 Å². The van der Waals surface area contributed by atoms with Crippen LogP contribution in [0.15, 0.2) is 29.6 Å². The molecule has 1 atom stereocenters. The van der Waals surface area contributed by atoms with Crippen LogP contribution in [0.25, 0.3) is 11.3 Å². The Hall–Kier alpha value is -2.29. The SMILES string of the molecule is O=C(NC1CC1)c1ccc(-c2csc(NC(=O)C3COCCN3)n2)cc1. The Morgan fingerprint density at radius 1 is 1.23 bits per heavy atom. The number of nitrogens with zero attached hydrogens (tertiary/aromatic N) is 1. The number of hydrogen-bond acceptors (Lipinski definition) is 6. The third-order valence-electron chi connectivity index (χ3n) is 4.33. The molecule has 136 valence electrons. The van der Waals surface area contributed by atoms with Gasteiger partial charge in [0.25, 0.3) is 5.91 Å². The molecule has 1 aliphatic heterocycles. The summed E-state index contributed by atoms with van der Waals surface area (Å²) in [6, 6.07) is 7.34. The fourth-order valence-corrected chi connectivity index (χ4v) is 3.40. The molecule has 26 heavy (non-hydrogen) atoms. The lowest BCUT2D eigenvalue weighted by Crippen LogP contribution is -2.48. The van der Waals surface area contributed by atoms with Gasteiger partial charge in [-0.2, -0.15) is 0 Å². The van der Waals surface area contributed by atoms with Gasteiger partial charge in [0, 0.05) is 29.1 Å². The predicted molar refractivity (Wildman–Crippen MR) is 99.3 cm³/mol. The quantitative estimate of drug-likeness (QED) is 0.742. The molecule has 7 nitrogen and oxygen atoms in total. The summed E-state index contributed by atoms with van der Waals surface area (Å²) >= 11 is 1.37. The molecule has 1 saturated heterocycles. The van der Waals surface area contributed by atoms with E-state index >= 15 is 0 Å². The van der Waals surface area contributed by atoms with Crippen LogP contribution in [0.3, 0.4) is 0 Å². The molecule has 1 saturated carbocycles. The highest BCUT2D eigenvalue weighted by Crippen LogP contribution is 2.26. The molecule has 0 radical (unpaired) electrons. The molecule has 1 unspecified atom stereocenters. The zero-order valence-corrected chi connectivity index (χ0v) is 15.0. The van der Waals surface area contributed by atoms with Crippen molar-refractivity contribution in [3.8, 4) is 11.3 Å². The molecule has 0 spiro atoms. The standard InChI is InChI=1S/C18H20N4O3S/c23-16(20-13-5-6-13)12-3-1-11(2-4-12)15-10-26-18(21-15)22-17(24)14-9-25-8-7-19-14/h1-4,10,13-14,19H,5-9H2,(H,20,23)(H,21,22,24). The maximum absolute atomic E-state index is 12.2. The summed E-state index contributed by atoms with van der Waals surface area (Å²) in [5.74, 6) is -0.176. The Morgan fingerprint density at radius 2 is 2.04 bits per heavy atom. The van der Waals surface area contributed by atoms with Gasteiger partial charge in [-0.1, -0.05) is 12.1 Å². The number of nitrogens with one attached hydrogen (secondary N) is 3. The van der Waals surface area contributed by atoms with Crippen molar-refractivity contribution < 1.29 is 14.3 Å². The average molecular weight is 372 g/mol. The van der Waals surface area contributed by atoms with E-state index in [2.05, 4.69) is 20.9 Å². The predicted octanol–water partition coefficient (Wildman–Crippen LogP) is 1.63. The highest BCUT2D eigenvalue weighted by Gasteiger charge is 2.24. The summed E-state index contributed by atoms with van der Waals surface area (Å²) in [4.78, 5) is 28.7. The Bertz CT molecular complexity index is 795. The number of benzene rings is 1. The first-order chi connectivity index (χ1) is 12.7. The summed E-state index contributed by atoms with van der Waals surface area (Å²) in [5, 5.41) is 11.3. The number of carbonyl (C=O) groups excluding carboxylic acids is 2. The van der Waals surface area contributed by atoms with Gasteiger partial charge in [0.15, 0.2) is 5.13 Å². The second kappa shape index (κ2) is 7.53. The summed E-state index contributed by atoms with van der Waals surface area (Å²) in [6.07, 6.45) is 2.14. The van der Waals surface area contributed by atoms with Gasteiger partial charge in [0.05, 0.1) is 18.9 Å². The number of anilines is 1. The Morgan fingerprint density at radius 3 is 2.73 bits per heavy atom. The number of rotatable bonds is 5. The summed E-state index contributed by atoms with van der Waals surface area (Å²) in [7, 11) is 0. The number of thiazole rings is 1. The molecular weight excluding hydrogens is 352 g/mol. The third kappa shape index (κ3) is 4.09. The molecule has 1 aromatic heterocycles. The number of morpholine rings is 1. The molecule has 3 N–H and O–H groups in total. The van der Waals surface area contributed by atoms with E-state index in [0.717, 1.165) is 24.1 Å². The van der Waals surface area contributed by atoms with Gasteiger partial charge in [0.1, 0.15) is 6.04 Å². The molecular formula is C18H20N4O3S. The van der Waals surface area contributed by atoms with Crippen LogP contribution < -0.4 is 16.0 Å². The largest absolute Gasteiger partial charge is 0.378 e. The van der Waals surface area contributed by atoms with Crippen LogP contribution in [0.2, 0.25) is 0 Å². The van der Waals surface area contributed by atoms with Crippen molar-refractivity contribution in [1.82, 2.24) is 15.6 Å². The summed E-state index contributed by atoms with van der Waals surface area (Å²) < 4.78 is 5.30. The lowest BCUT2D eigenvalue weighted by molar-refractivity contribution is -0.120. The molecule has 2 amide bonds. The highest BCUT2D eigenvalue weighted by molar-refractivity contribution is 7.14. The molecule has 8 heteroatoms. The van der Waals surface area contributed by atoms with Crippen LogP contribution in [0, 0.1) is 0 Å². The van der Waals surface area contributed by atoms with Crippen LogP contribution in [0.5, 0.6) is 0 Å². The van der Waals surface area contributed by atoms with Crippen molar-refractivity contribution in [3.63, 3.8) is 0 Å². The van der Waals surface area contributed by atoms with E-state index in [1.165, 1.54) is 11.3 Å². The van der Waals surface area contributed by atoms with Gasteiger partial charge in [-0.05, 0) is 25.0 Å². The maximum atomic E-state index is 12.2. The van der Waals surface area contributed by atoms with Crippen molar-refractivity contribution in [1.29, 1.82) is 0 Å². The minimum atomic E-state index is -0.347. The smallest absolute Gasteiger partial charge is 0.251 e.